The highest BCUT2D eigenvalue weighted by atomic mass is 35.5. The van der Waals surface area contributed by atoms with Gasteiger partial charge >= 0.3 is 12.2 Å². The van der Waals surface area contributed by atoms with Crippen LogP contribution in [0.2, 0.25) is 5.02 Å². The van der Waals surface area contributed by atoms with Gasteiger partial charge in [-0.15, -0.1) is 0 Å². The number of alkyl halides is 3. The molecule has 0 aliphatic rings. The van der Waals surface area contributed by atoms with E-state index in [1.165, 1.54) is 4.90 Å². The van der Waals surface area contributed by atoms with E-state index in [1.54, 1.807) is 37.3 Å². The Bertz CT molecular complexity index is 689. The van der Waals surface area contributed by atoms with Crippen LogP contribution in [-0.2, 0) is 6.18 Å². The second kappa shape index (κ2) is 6.91. The van der Waals surface area contributed by atoms with Crippen molar-refractivity contribution in [1.82, 2.24) is 0 Å². The van der Waals surface area contributed by atoms with E-state index in [4.69, 9.17) is 11.6 Å². The summed E-state index contributed by atoms with van der Waals surface area (Å²) in [6.45, 7) is 2.12. The molecule has 2 amide bonds. The Kier molecular flexibility index (Phi) is 5.15. The molecule has 0 aliphatic heterocycles. The lowest BCUT2D eigenvalue weighted by Gasteiger charge is -2.22. The van der Waals surface area contributed by atoms with Crippen molar-refractivity contribution in [1.29, 1.82) is 0 Å². The van der Waals surface area contributed by atoms with Gasteiger partial charge in [-0.25, -0.2) is 4.79 Å². The molecule has 3 nitrogen and oxygen atoms in total. The van der Waals surface area contributed by atoms with Crippen LogP contribution in [0.5, 0.6) is 0 Å². The molecule has 0 spiro atoms. The van der Waals surface area contributed by atoms with Crippen LogP contribution < -0.4 is 10.2 Å². The number of nitrogens with zero attached hydrogens (tertiary/aromatic N) is 1. The molecule has 0 bridgehead atoms. The van der Waals surface area contributed by atoms with Crippen molar-refractivity contribution in [2.24, 2.45) is 0 Å². The van der Waals surface area contributed by atoms with Gasteiger partial charge in [0.05, 0.1) is 16.3 Å². The van der Waals surface area contributed by atoms with Gasteiger partial charge in [-0.1, -0.05) is 29.8 Å². The molecular weight excluding hydrogens is 329 g/mol. The monoisotopic (exact) mass is 342 g/mol. The van der Waals surface area contributed by atoms with E-state index >= 15 is 0 Å². The van der Waals surface area contributed by atoms with Gasteiger partial charge in [-0.2, -0.15) is 13.2 Å². The molecule has 0 saturated heterocycles. The number of carbonyl (C=O) groups excluding carboxylic acids is 1. The fourth-order valence-corrected chi connectivity index (χ4v) is 2.20. The Balaban J connectivity index is 2.26. The number of rotatable bonds is 3. The van der Waals surface area contributed by atoms with E-state index in [1.807, 2.05) is 0 Å². The van der Waals surface area contributed by atoms with E-state index in [0.717, 1.165) is 18.2 Å². The minimum atomic E-state index is -4.51. The summed E-state index contributed by atoms with van der Waals surface area (Å²) >= 11 is 5.88. The van der Waals surface area contributed by atoms with Crippen LogP contribution in [0.25, 0.3) is 0 Å². The summed E-state index contributed by atoms with van der Waals surface area (Å²) in [6, 6.07) is 11.0. The third kappa shape index (κ3) is 4.16. The normalized spacial score (nSPS) is 11.2. The lowest BCUT2D eigenvalue weighted by molar-refractivity contribution is -0.137. The Morgan fingerprint density at radius 3 is 2.39 bits per heavy atom. The molecule has 0 unspecified atom stereocenters. The molecule has 0 radical (unpaired) electrons. The van der Waals surface area contributed by atoms with E-state index in [9.17, 15) is 18.0 Å². The van der Waals surface area contributed by atoms with Gasteiger partial charge in [-0.05, 0) is 37.3 Å². The summed E-state index contributed by atoms with van der Waals surface area (Å²) in [7, 11) is 0. The first kappa shape index (κ1) is 17.1. The number of hydrogen-bond acceptors (Lipinski definition) is 1. The number of anilines is 2. The maximum absolute atomic E-state index is 12.8. The minimum Gasteiger partial charge on any atom is -0.306 e. The number of benzene rings is 2. The van der Waals surface area contributed by atoms with E-state index in [2.05, 4.69) is 5.32 Å². The molecule has 23 heavy (non-hydrogen) atoms. The number of hydrogen-bond donors (Lipinski definition) is 1. The third-order valence-corrected chi connectivity index (χ3v) is 3.49. The maximum atomic E-state index is 12.8. The Morgan fingerprint density at radius 1 is 1.17 bits per heavy atom. The predicted molar refractivity (Wildman–Crippen MR) is 84.9 cm³/mol. The van der Waals surface area contributed by atoms with Crippen LogP contribution in [0.15, 0.2) is 48.5 Å². The number of halogens is 4. The first-order valence-electron chi connectivity index (χ1n) is 6.83. The van der Waals surface area contributed by atoms with Crippen molar-refractivity contribution in [2.75, 3.05) is 16.8 Å². The van der Waals surface area contributed by atoms with Gasteiger partial charge < -0.3 is 5.32 Å². The first-order chi connectivity index (χ1) is 10.8. The Labute approximate surface area is 136 Å². The van der Waals surface area contributed by atoms with Crippen LogP contribution in [-0.4, -0.2) is 12.6 Å². The summed E-state index contributed by atoms with van der Waals surface area (Å²) in [6.07, 6.45) is -4.51. The fraction of sp³-hybridized carbons (Fsp3) is 0.188. The van der Waals surface area contributed by atoms with Gasteiger partial charge in [0.1, 0.15) is 0 Å². The average Bonchev–Trinajstić information content (AvgIpc) is 2.50. The first-order valence-corrected chi connectivity index (χ1v) is 7.21. The molecule has 7 heteroatoms. The molecule has 0 heterocycles. The maximum Gasteiger partial charge on any atom is 0.416 e. The van der Waals surface area contributed by atoms with Crippen molar-refractivity contribution >= 4 is 29.0 Å². The van der Waals surface area contributed by atoms with E-state index in [0.29, 0.717) is 12.2 Å². The molecule has 122 valence electrons. The van der Waals surface area contributed by atoms with E-state index < -0.39 is 17.8 Å². The van der Waals surface area contributed by atoms with Crippen LogP contribution in [0.1, 0.15) is 12.5 Å². The average molecular weight is 343 g/mol. The van der Waals surface area contributed by atoms with Gasteiger partial charge in [-0.3, -0.25) is 4.90 Å². The number of carbonyl (C=O) groups is 1. The fourth-order valence-electron chi connectivity index (χ4n) is 2.03. The van der Waals surface area contributed by atoms with Crippen molar-refractivity contribution in [3.05, 3.63) is 59.1 Å². The van der Waals surface area contributed by atoms with Crippen LogP contribution >= 0.6 is 11.6 Å². The van der Waals surface area contributed by atoms with Gasteiger partial charge in [0.25, 0.3) is 0 Å². The number of amides is 2. The summed E-state index contributed by atoms with van der Waals surface area (Å²) in [4.78, 5) is 13.7. The zero-order valence-electron chi connectivity index (χ0n) is 12.2. The lowest BCUT2D eigenvalue weighted by atomic mass is 10.2. The SMILES string of the molecule is CCN(C(=O)Nc1cc(C(F)(F)F)ccc1Cl)c1ccccc1. The molecule has 0 fully saturated rings. The lowest BCUT2D eigenvalue weighted by Crippen LogP contribution is -2.34. The molecular formula is C16H14ClF3N2O. The molecule has 0 atom stereocenters. The van der Waals surface area contributed by atoms with Crippen molar-refractivity contribution in [3.63, 3.8) is 0 Å². The van der Waals surface area contributed by atoms with E-state index in [-0.39, 0.29) is 10.7 Å². The van der Waals surface area contributed by atoms with Crippen molar-refractivity contribution < 1.29 is 18.0 Å². The van der Waals surface area contributed by atoms with Gasteiger partial charge in [0.15, 0.2) is 0 Å². The molecule has 2 rings (SSSR count). The quantitative estimate of drug-likeness (QED) is 0.794. The van der Waals surface area contributed by atoms with Crippen LogP contribution in [0, 0.1) is 0 Å². The number of nitrogens with one attached hydrogen (secondary N) is 1. The summed E-state index contributed by atoms with van der Waals surface area (Å²) in [5.41, 5.74) is -0.323. The topological polar surface area (TPSA) is 32.3 Å². The minimum absolute atomic E-state index is 0.0375. The smallest absolute Gasteiger partial charge is 0.306 e. The standard InChI is InChI=1S/C16H14ClF3N2O/c1-2-22(12-6-4-3-5-7-12)15(23)21-14-10-11(16(18,19)20)8-9-13(14)17/h3-10H,2H2,1H3,(H,21,23). The molecule has 0 aliphatic carbocycles. The molecule has 2 aromatic carbocycles. The Hall–Kier alpha value is -2.21. The number of para-hydroxylation sites is 1. The predicted octanol–water partition coefficient (Wildman–Crippen LogP) is 5.42. The third-order valence-electron chi connectivity index (χ3n) is 3.16. The van der Waals surface area contributed by atoms with Crippen LogP contribution in [0.3, 0.4) is 0 Å². The van der Waals surface area contributed by atoms with Crippen LogP contribution in [0.4, 0.5) is 29.3 Å². The molecule has 1 N–H and O–H groups in total. The van der Waals surface area contributed by atoms with Gasteiger partial charge in [0, 0.05) is 12.2 Å². The largest absolute Gasteiger partial charge is 0.416 e. The molecule has 2 aromatic rings. The second-order valence-corrected chi connectivity index (χ2v) is 5.11. The molecule has 0 saturated carbocycles. The Morgan fingerprint density at radius 2 is 1.83 bits per heavy atom. The summed E-state index contributed by atoms with van der Waals surface area (Å²) in [5.74, 6) is 0. The molecule has 0 aromatic heterocycles. The van der Waals surface area contributed by atoms with Crippen molar-refractivity contribution in [2.45, 2.75) is 13.1 Å². The second-order valence-electron chi connectivity index (χ2n) is 4.70. The zero-order valence-corrected chi connectivity index (χ0v) is 12.9. The highest BCUT2D eigenvalue weighted by Crippen LogP contribution is 2.34. The summed E-state index contributed by atoms with van der Waals surface area (Å²) < 4.78 is 38.3. The number of urea groups is 1. The zero-order chi connectivity index (χ0) is 17.0. The van der Waals surface area contributed by atoms with Gasteiger partial charge in [0.2, 0.25) is 0 Å². The van der Waals surface area contributed by atoms with Crippen molar-refractivity contribution in [3.8, 4) is 0 Å². The summed E-state index contributed by atoms with van der Waals surface area (Å²) in [5, 5.41) is 2.46. The highest BCUT2D eigenvalue weighted by molar-refractivity contribution is 6.33. The highest BCUT2D eigenvalue weighted by Gasteiger charge is 2.31.